The first kappa shape index (κ1) is 26.1. The quantitative estimate of drug-likeness (QED) is 0.343. The summed E-state index contributed by atoms with van der Waals surface area (Å²) in [6.45, 7) is 10.7. The van der Waals surface area contributed by atoms with E-state index in [-0.39, 0.29) is 5.91 Å². The summed E-state index contributed by atoms with van der Waals surface area (Å²) in [6.07, 6.45) is 0. The molecule has 0 bridgehead atoms. The van der Waals surface area contributed by atoms with Gasteiger partial charge in [0.1, 0.15) is 27.5 Å². The van der Waals surface area contributed by atoms with Crippen molar-refractivity contribution in [1.82, 2.24) is 9.88 Å². The molecule has 0 N–H and O–H groups in total. The van der Waals surface area contributed by atoms with Gasteiger partial charge in [-0.3, -0.25) is 9.69 Å². The van der Waals surface area contributed by atoms with Crippen molar-refractivity contribution >= 4 is 44.2 Å². The number of benzene rings is 2. The average Bonchev–Trinajstić information content (AvgIpc) is 3.27. The van der Waals surface area contributed by atoms with Crippen molar-refractivity contribution in [3.63, 3.8) is 0 Å². The molecule has 1 heterocycles. The van der Waals surface area contributed by atoms with Gasteiger partial charge in [0.15, 0.2) is 10.7 Å². The largest absolute Gasteiger partial charge is 0.495 e. The number of likely N-dealkylation sites (N-methyl/N-ethyl adjacent to an activating group) is 1. The highest BCUT2D eigenvalue weighted by atomic mass is 35.5. The summed E-state index contributed by atoms with van der Waals surface area (Å²) in [7, 11) is 3.22. The Morgan fingerprint density at radius 2 is 1.62 bits per heavy atom. The van der Waals surface area contributed by atoms with E-state index in [2.05, 4.69) is 18.7 Å². The zero-order valence-corrected chi connectivity index (χ0v) is 22.1. The van der Waals surface area contributed by atoms with Crippen LogP contribution in [0.2, 0.25) is 5.02 Å². The summed E-state index contributed by atoms with van der Waals surface area (Å²) in [5.41, 5.74) is -0.470. The first-order valence-electron chi connectivity index (χ1n) is 11.2. The van der Waals surface area contributed by atoms with Gasteiger partial charge in [0, 0.05) is 18.1 Å². The Labute approximate surface area is 210 Å². The van der Waals surface area contributed by atoms with Crippen LogP contribution in [-0.4, -0.2) is 61.8 Å². The molecule has 1 amide bonds. The van der Waals surface area contributed by atoms with E-state index in [1.54, 1.807) is 57.2 Å². The normalized spacial score (nSPS) is 11.6. The molecule has 0 spiro atoms. The zero-order valence-electron chi connectivity index (χ0n) is 20.6. The number of ether oxygens (including phenoxy) is 3. The SMILES string of the molecule is CCN(CC)CCN(C(=O)C(C)(C)Oc1ccc(Cl)cc1)c1nc2c(OC)ccc(OC)c2s1. The number of amides is 1. The van der Waals surface area contributed by atoms with Crippen molar-refractivity contribution in [3.8, 4) is 17.2 Å². The lowest BCUT2D eigenvalue weighted by atomic mass is 10.1. The van der Waals surface area contributed by atoms with Crippen LogP contribution in [-0.2, 0) is 4.79 Å². The number of halogens is 1. The van der Waals surface area contributed by atoms with Gasteiger partial charge in [0.2, 0.25) is 0 Å². The Morgan fingerprint density at radius 1 is 1.00 bits per heavy atom. The number of nitrogens with zero attached hydrogens (tertiary/aromatic N) is 3. The van der Waals surface area contributed by atoms with Gasteiger partial charge in [-0.1, -0.05) is 36.8 Å². The molecule has 0 aliphatic rings. The molecule has 3 aromatic rings. The Balaban J connectivity index is 2.00. The fraction of sp³-hybridized carbons (Fsp3) is 0.440. The van der Waals surface area contributed by atoms with Gasteiger partial charge >= 0.3 is 0 Å². The maximum atomic E-state index is 13.9. The van der Waals surface area contributed by atoms with Crippen LogP contribution < -0.4 is 19.1 Å². The molecule has 0 radical (unpaired) electrons. The summed E-state index contributed by atoms with van der Waals surface area (Å²) in [4.78, 5) is 22.6. The molecule has 0 aliphatic carbocycles. The standard InChI is InChI=1S/C25H32ClN3O4S/c1-7-28(8-2)15-16-29(23(30)25(3,4)33-18-11-9-17(26)10-12-18)24-27-21-19(31-5)13-14-20(32-6)22(21)34-24/h9-14H,7-8,15-16H2,1-6H3. The molecule has 0 saturated heterocycles. The molecule has 2 aromatic carbocycles. The van der Waals surface area contributed by atoms with E-state index in [1.165, 1.54) is 11.3 Å². The van der Waals surface area contributed by atoms with E-state index >= 15 is 0 Å². The molecule has 7 nitrogen and oxygen atoms in total. The molecule has 3 rings (SSSR count). The van der Waals surface area contributed by atoms with Crippen LogP contribution >= 0.6 is 22.9 Å². The summed E-state index contributed by atoms with van der Waals surface area (Å²) >= 11 is 7.40. The maximum Gasteiger partial charge on any atom is 0.272 e. The monoisotopic (exact) mass is 505 g/mol. The summed E-state index contributed by atoms with van der Waals surface area (Å²) in [5.74, 6) is 1.70. The fourth-order valence-electron chi connectivity index (χ4n) is 3.62. The van der Waals surface area contributed by atoms with Crippen LogP contribution in [0.1, 0.15) is 27.7 Å². The lowest BCUT2D eigenvalue weighted by Gasteiger charge is -2.32. The fourth-order valence-corrected chi connectivity index (χ4v) is 4.85. The third-order valence-electron chi connectivity index (χ3n) is 5.61. The second-order valence-corrected chi connectivity index (χ2v) is 9.61. The average molecular weight is 506 g/mol. The number of carbonyl (C=O) groups is 1. The lowest BCUT2D eigenvalue weighted by Crippen LogP contribution is -2.51. The van der Waals surface area contributed by atoms with Crippen LogP contribution in [0, 0.1) is 0 Å². The van der Waals surface area contributed by atoms with Crippen molar-refractivity contribution in [3.05, 3.63) is 41.4 Å². The zero-order chi connectivity index (χ0) is 24.9. The van der Waals surface area contributed by atoms with Gasteiger partial charge in [0.05, 0.1) is 14.2 Å². The molecule has 1 aromatic heterocycles. The van der Waals surface area contributed by atoms with Gasteiger partial charge in [-0.05, 0) is 63.3 Å². The Hall–Kier alpha value is -2.55. The maximum absolute atomic E-state index is 13.9. The molecule has 184 valence electrons. The van der Waals surface area contributed by atoms with E-state index in [1.807, 2.05) is 12.1 Å². The van der Waals surface area contributed by atoms with Crippen LogP contribution in [0.15, 0.2) is 36.4 Å². The topological polar surface area (TPSA) is 64.1 Å². The number of anilines is 1. The predicted molar refractivity (Wildman–Crippen MR) is 139 cm³/mol. The minimum atomic E-state index is -1.14. The number of aromatic nitrogens is 1. The summed E-state index contributed by atoms with van der Waals surface area (Å²) < 4.78 is 18.0. The number of hydrogen-bond donors (Lipinski definition) is 0. The molecule has 34 heavy (non-hydrogen) atoms. The number of rotatable bonds is 11. The molecule has 0 unspecified atom stereocenters. The van der Waals surface area contributed by atoms with Crippen molar-refractivity contribution < 1.29 is 19.0 Å². The highest BCUT2D eigenvalue weighted by molar-refractivity contribution is 7.22. The molecule has 0 fully saturated rings. The lowest BCUT2D eigenvalue weighted by molar-refractivity contribution is -0.131. The van der Waals surface area contributed by atoms with E-state index in [0.717, 1.165) is 17.8 Å². The highest BCUT2D eigenvalue weighted by Crippen LogP contribution is 2.40. The Kier molecular flexibility index (Phi) is 8.62. The van der Waals surface area contributed by atoms with E-state index in [9.17, 15) is 4.79 Å². The number of carbonyl (C=O) groups excluding carboxylic acids is 1. The molecule has 0 aliphatic heterocycles. The van der Waals surface area contributed by atoms with Gasteiger partial charge in [-0.2, -0.15) is 0 Å². The second kappa shape index (κ2) is 11.3. The Bertz CT molecular complexity index is 1070. The molecule has 9 heteroatoms. The minimum absolute atomic E-state index is 0.188. The second-order valence-electron chi connectivity index (χ2n) is 8.19. The van der Waals surface area contributed by atoms with Crippen LogP contribution in [0.25, 0.3) is 10.2 Å². The summed E-state index contributed by atoms with van der Waals surface area (Å²) in [5, 5.41) is 1.18. The van der Waals surface area contributed by atoms with E-state index in [4.69, 9.17) is 30.8 Å². The minimum Gasteiger partial charge on any atom is -0.495 e. The molecule has 0 saturated carbocycles. The van der Waals surface area contributed by atoms with Crippen LogP contribution in [0.5, 0.6) is 17.2 Å². The Morgan fingerprint density at radius 3 is 2.21 bits per heavy atom. The van der Waals surface area contributed by atoms with Crippen LogP contribution in [0.4, 0.5) is 5.13 Å². The van der Waals surface area contributed by atoms with Gasteiger partial charge < -0.3 is 19.1 Å². The first-order chi connectivity index (χ1) is 16.2. The number of thiazole rings is 1. The molecular weight excluding hydrogens is 474 g/mol. The van der Waals surface area contributed by atoms with Crippen molar-refractivity contribution in [2.24, 2.45) is 0 Å². The highest BCUT2D eigenvalue weighted by Gasteiger charge is 2.37. The van der Waals surface area contributed by atoms with Crippen molar-refractivity contribution in [2.45, 2.75) is 33.3 Å². The van der Waals surface area contributed by atoms with E-state index < -0.39 is 5.60 Å². The predicted octanol–water partition coefficient (Wildman–Crippen LogP) is 5.50. The van der Waals surface area contributed by atoms with Gasteiger partial charge in [0.25, 0.3) is 5.91 Å². The third kappa shape index (κ3) is 5.74. The van der Waals surface area contributed by atoms with Crippen molar-refractivity contribution in [2.75, 3.05) is 45.3 Å². The third-order valence-corrected chi connectivity index (χ3v) is 6.96. The molecular formula is C25H32ClN3O4S. The van der Waals surface area contributed by atoms with Crippen molar-refractivity contribution in [1.29, 1.82) is 0 Å². The number of hydrogen-bond acceptors (Lipinski definition) is 7. The van der Waals surface area contributed by atoms with Crippen LogP contribution in [0.3, 0.4) is 0 Å². The summed E-state index contributed by atoms with van der Waals surface area (Å²) in [6, 6.07) is 10.7. The smallest absolute Gasteiger partial charge is 0.272 e. The van der Waals surface area contributed by atoms with Gasteiger partial charge in [-0.15, -0.1) is 0 Å². The molecule has 0 atom stereocenters. The number of fused-ring (bicyclic) bond motifs is 1. The number of methoxy groups -OCH3 is 2. The first-order valence-corrected chi connectivity index (χ1v) is 12.4. The van der Waals surface area contributed by atoms with E-state index in [0.29, 0.717) is 46.0 Å². The van der Waals surface area contributed by atoms with Gasteiger partial charge in [-0.25, -0.2) is 4.98 Å².